The van der Waals surface area contributed by atoms with Crippen LogP contribution < -0.4 is 4.74 Å². The van der Waals surface area contributed by atoms with Gasteiger partial charge in [0.1, 0.15) is 5.75 Å². The number of rotatable bonds is 8. The van der Waals surface area contributed by atoms with Crippen LogP contribution in [0.3, 0.4) is 0 Å². The van der Waals surface area contributed by atoms with Crippen molar-refractivity contribution in [1.82, 2.24) is 8.61 Å². The van der Waals surface area contributed by atoms with E-state index in [0.717, 1.165) is 11.3 Å². The molecule has 0 radical (unpaired) electrons. The SMILES string of the molecule is COc1ccc(CN(C)S(=O)(=O)N(C)CCCCl)cc1. The van der Waals surface area contributed by atoms with Crippen LogP contribution in [0.2, 0.25) is 0 Å². The average Bonchev–Trinajstić information content (AvgIpc) is 2.45. The molecule has 0 aliphatic carbocycles. The van der Waals surface area contributed by atoms with E-state index >= 15 is 0 Å². The molecule has 0 heterocycles. The van der Waals surface area contributed by atoms with E-state index in [-0.39, 0.29) is 0 Å². The van der Waals surface area contributed by atoms with Gasteiger partial charge in [-0.15, -0.1) is 11.6 Å². The van der Waals surface area contributed by atoms with Crippen LogP contribution >= 0.6 is 11.6 Å². The van der Waals surface area contributed by atoms with Gasteiger partial charge in [-0.05, 0) is 24.1 Å². The molecule has 0 unspecified atom stereocenters. The summed E-state index contributed by atoms with van der Waals surface area (Å²) >= 11 is 5.59. The summed E-state index contributed by atoms with van der Waals surface area (Å²) in [6, 6.07) is 7.33. The molecular weight excluding hydrogens is 300 g/mol. The highest BCUT2D eigenvalue weighted by molar-refractivity contribution is 7.86. The van der Waals surface area contributed by atoms with E-state index in [9.17, 15) is 8.42 Å². The highest BCUT2D eigenvalue weighted by Gasteiger charge is 2.23. The lowest BCUT2D eigenvalue weighted by atomic mass is 10.2. The highest BCUT2D eigenvalue weighted by Crippen LogP contribution is 2.15. The largest absolute Gasteiger partial charge is 0.497 e. The van der Waals surface area contributed by atoms with Crippen LogP contribution in [0.5, 0.6) is 5.75 Å². The molecule has 0 spiro atoms. The molecule has 0 aliphatic rings. The Morgan fingerprint density at radius 1 is 1.15 bits per heavy atom. The Hall–Kier alpha value is -0.820. The Kier molecular flexibility index (Phi) is 6.75. The predicted octanol–water partition coefficient (Wildman–Crippen LogP) is 1.93. The fourth-order valence-electron chi connectivity index (χ4n) is 1.71. The van der Waals surface area contributed by atoms with Gasteiger partial charge in [0.15, 0.2) is 0 Å². The summed E-state index contributed by atoms with van der Waals surface area (Å²) in [5.74, 6) is 1.20. The number of halogens is 1. The Balaban J connectivity index is 2.70. The van der Waals surface area contributed by atoms with Crippen LogP contribution in [0.4, 0.5) is 0 Å². The van der Waals surface area contributed by atoms with Gasteiger partial charge in [-0.1, -0.05) is 12.1 Å². The Morgan fingerprint density at radius 3 is 2.25 bits per heavy atom. The van der Waals surface area contributed by atoms with Crippen LogP contribution in [-0.4, -0.2) is 50.7 Å². The second kappa shape index (κ2) is 7.83. The first kappa shape index (κ1) is 17.2. The number of hydrogen-bond acceptors (Lipinski definition) is 3. The van der Waals surface area contributed by atoms with Crippen molar-refractivity contribution in [2.24, 2.45) is 0 Å². The number of benzene rings is 1. The van der Waals surface area contributed by atoms with Crippen molar-refractivity contribution in [3.05, 3.63) is 29.8 Å². The summed E-state index contributed by atoms with van der Waals surface area (Å²) in [6.45, 7) is 0.732. The van der Waals surface area contributed by atoms with Crippen LogP contribution in [0.1, 0.15) is 12.0 Å². The van der Waals surface area contributed by atoms with Crippen molar-refractivity contribution in [3.63, 3.8) is 0 Å². The highest BCUT2D eigenvalue weighted by atomic mass is 35.5. The summed E-state index contributed by atoms with van der Waals surface area (Å²) in [5, 5.41) is 0. The van der Waals surface area contributed by atoms with Crippen molar-refractivity contribution < 1.29 is 13.2 Å². The Bertz CT molecular complexity index is 505. The third-order valence-electron chi connectivity index (χ3n) is 2.96. The van der Waals surface area contributed by atoms with Gasteiger partial charge in [0, 0.05) is 33.1 Å². The monoisotopic (exact) mass is 320 g/mol. The summed E-state index contributed by atoms with van der Waals surface area (Å²) < 4.78 is 32.2. The molecule has 0 fully saturated rings. The van der Waals surface area contributed by atoms with E-state index in [4.69, 9.17) is 16.3 Å². The van der Waals surface area contributed by atoms with Gasteiger partial charge in [0.05, 0.1) is 7.11 Å². The smallest absolute Gasteiger partial charge is 0.281 e. The minimum atomic E-state index is -3.45. The minimum Gasteiger partial charge on any atom is -0.497 e. The first-order chi connectivity index (χ1) is 9.41. The summed E-state index contributed by atoms with van der Waals surface area (Å²) in [5.41, 5.74) is 0.905. The van der Waals surface area contributed by atoms with Crippen LogP contribution in [-0.2, 0) is 16.8 Å². The molecule has 0 aliphatic heterocycles. The number of hydrogen-bond donors (Lipinski definition) is 0. The molecule has 20 heavy (non-hydrogen) atoms. The quantitative estimate of drug-likeness (QED) is 0.688. The maximum Gasteiger partial charge on any atom is 0.281 e. The first-order valence-corrected chi connectivity index (χ1v) is 8.21. The predicted molar refractivity (Wildman–Crippen MR) is 81.3 cm³/mol. The molecule has 0 bridgehead atoms. The van der Waals surface area contributed by atoms with E-state index in [1.807, 2.05) is 24.3 Å². The Labute approximate surface area is 126 Å². The number of alkyl halides is 1. The third-order valence-corrected chi connectivity index (χ3v) is 5.11. The van der Waals surface area contributed by atoms with Gasteiger partial charge in [-0.3, -0.25) is 0 Å². The molecule has 0 N–H and O–H groups in total. The number of nitrogens with zero attached hydrogens (tertiary/aromatic N) is 2. The second-order valence-electron chi connectivity index (χ2n) is 4.48. The van der Waals surface area contributed by atoms with Crippen molar-refractivity contribution in [3.8, 4) is 5.75 Å². The normalized spacial score (nSPS) is 12.1. The maximum absolute atomic E-state index is 12.2. The minimum absolute atomic E-state index is 0.317. The number of methoxy groups -OCH3 is 1. The lowest BCUT2D eigenvalue weighted by Crippen LogP contribution is -2.39. The lowest BCUT2D eigenvalue weighted by Gasteiger charge is -2.24. The fraction of sp³-hybridized carbons (Fsp3) is 0.538. The van der Waals surface area contributed by atoms with Crippen molar-refractivity contribution in [2.75, 3.05) is 33.6 Å². The zero-order chi connectivity index (χ0) is 15.2. The molecule has 0 saturated carbocycles. The Morgan fingerprint density at radius 2 is 1.75 bits per heavy atom. The van der Waals surface area contributed by atoms with E-state index in [2.05, 4.69) is 0 Å². The van der Waals surface area contributed by atoms with E-state index in [1.54, 1.807) is 21.2 Å². The van der Waals surface area contributed by atoms with Crippen LogP contribution in [0.25, 0.3) is 0 Å². The lowest BCUT2D eigenvalue weighted by molar-refractivity contribution is 0.389. The van der Waals surface area contributed by atoms with Crippen LogP contribution in [0.15, 0.2) is 24.3 Å². The molecule has 0 aromatic heterocycles. The van der Waals surface area contributed by atoms with E-state index < -0.39 is 10.2 Å². The zero-order valence-corrected chi connectivity index (χ0v) is 13.6. The molecule has 5 nitrogen and oxygen atoms in total. The van der Waals surface area contributed by atoms with Gasteiger partial charge in [-0.2, -0.15) is 17.0 Å². The summed E-state index contributed by atoms with van der Waals surface area (Å²) in [7, 11) is 1.27. The van der Waals surface area contributed by atoms with Gasteiger partial charge < -0.3 is 4.74 Å². The summed E-state index contributed by atoms with van der Waals surface area (Å²) in [6.07, 6.45) is 0.633. The van der Waals surface area contributed by atoms with Crippen LogP contribution in [0, 0.1) is 0 Å². The molecule has 0 atom stereocenters. The van der Waals surface area contributed by atoms with Crippen molar-refractivity contribution in [1.29, 1.82) is 0 Å². The topological polar surface area (TPSA) is 49.9 Å². The summed E-state index contributed by atoms with van der Waals surface area (Å²) in [4.78, 5) is 0. The van der Waals surface area contributed by atoms with Gasteiger partial charge in [0.2, 0.25) is 0 Å². The average molecular weight is 321 g/mol. The molecule has 1 aromatic carbocycles. The number of ether oxygens (including phenoxy) is 1. The second-order valence-corrected chi connectivity index (χ2v) is 7.00. The standard InChI is InChI=1S/C13H21ClN2O3S/c1-15(10-4-9-14)20(17,18)16(2)11-12-5-7-13(19-3)8-6-12/h5-8H,4,9-11H2,1-3H3. The molecule has 7 heteroatoms. The van der Waals surface area contributed by atoms with Crippen molar-refractivity contribution >= 4 is 21.8 Å². The van der Waals surface area contributed by atoms with Crippen molar-refractivity contribution in [2.45, 2.75) is 13.0 Å². The van der Waals surface area contributed by atoms with E-state index in [0.29, 0.717) is 25.4 Å². The van der Waals surface area contributed by atoms with Gasteiger partial charge >= 0.3 is 0 Å². The molecular formula is C13H21ClN2O3S. The molecule has 114 valence electrons. The molecule has 1 aromatic rings. The fourth-order valence-corrected chi connectivity index (χ4v) is 2.97. The van der Waals surface area contributed by atoms with E-state index in [1.165, 1.54) is 8.61 Å². The third kappa shape index (κ3) is 4.63. The molecule has 0 amide bonds. The van der Waals surface area contributed by atoms with Gasteiger partial charge in [0.25, 0.3) is 10.2 Å². The molecule has 1 rings (SSSR count). The molecule has 0 saturated heterocycles. The zero-order valence-electron chi connectivity index (χ0n) is 12.0. The van der Waals surface area contributed by atoms with Gasteiger partial charge in [-0.25, -0.2) is 0 Å². The maximum atomic E-state index is 12.2. The first-order valence-electron chi connectivity index (χ1n) is 6.28.